The summed E-state index contributed by atoms with van der Waals surface area (Å²) >= 11 is 14.1. The zero-order chi connectivity index (χ0) is 13.1. The van der Waals surface area contributed by atoms with Crippen molar-refractivity contribution in [2.75, 3.05) is 7.05 Å². The molecule has 2 nitrogen and oxygen atoms in total. The Morgan fingerprint density at radius 2 is 1.94 bits per heavy atom. The van der Waals surface area contributed by atoms with Crippen molar-refractivity contribution in [2.45, 2.75) is 19.9 Å². The predicted molar refractivity (Wildman–Crippen MR) is 79.7 cm³/mol. The second-order valence-electron chi connectivity index (χ2n) is 3.87. The predicted octanol–water partition coefficient (Wildman–Crippen LogP) is 4.40. The van der Waals surface area contributed by atoms with Crippen LogP contribution in [0.1, 0.15) is 17.5 Å². The molecule has 1 aromatic carbocycles. The Morgan fingerprint density at radius 1 is 1.28 bits per heavy atom. The highest BCUT2D eigenvalue weighted by molar-refractivity contribution is 7.15. The van der Waals surface area contributed by atoms with Gasteiger partial charge in [-0.1, -0.05) is 36.2 Å². The second-order valence-corrected chi connectivity index (χ2v) is 5.77. The molecule has 0 bridgehead atoms. The smallest absolute Gasteiger partial charge is 0.126 e. The number of aromatic nitrogens is 1. The largest absolute Gasteiger partial charge is 0.315 e. The van der Waals surface area contributed by atoms with Crippen molar-refractivity contribution >= 4 is 34.5 Å². The molecule has 96 valence electrons. The zero-order valence-corrected chi connectivity index (χ0v) is 12.6. The Balaban J connectivity index is 2.51. The minimum Gasteiger partial charge on any atom is -0.315 e. The first-order valence-electron chi connectivity index (χ1n) is 5.75. The van der Waals surface area contributed by atoms with E-state index < -0.39 is 0 Å². The normalized spacial score (nSPS) is 10.9. The van der Waals surface area contributed by atoms with Crippen molar-refractivity contribution in [3.05, 3.63) is 38.8 Å². The highest BCUT2D eigenvalue weighted by Gasteiger charge is 2.15. The average molecular weight is 301 g/mol. The van der Waals surface area contributed by atoms with Crippen molar-refractivity contribution in [3.8, 4) is 10.6 Å². The number of hydrogen-bond acceptors (Lipinski definition) is 3. The van der Waals surface area contributed by atoms with Crippen LogP contribution in [0.4, 0.5) is 0 Å². The molecule has 2 rings (SSSR count). The van der Waals surface area contributed by atoms with Gasteiger partial charge in [0.15, 0.2) is 0 Å². The molecule has 1 N–H and O–H groups in total. The van der Waals surface area contributed by atoms with Crippen molar-refractivity contribution in [3.63, 3.8) is 0 Å². The van der Waals surface area contributed by atoms with Gasteiger partial charge in [0, 0.05) is 17.0 Å². The molecular weight excluding hydrogens is 287 g/mol. The molecule has 0 unspecified atom stereocenters. The second kappa shape index (κ2) is 6.02. The van der Waals surface area contributed by atoms with E-state index in [1.54, 1.807) is 11.3 Å². The van der Waals surface area contributed by atoms with Crippen LogP contribution in [0.2, 0.25) is 10.0 Å². The quantitative estimate of drug-likeness (QED) is 0.905. The number of halogens is 2. The van der Waals surface area contributed by atoms with Gasteiger partial charge < -0.3 is 5.32 Å². The Morgan fingerprint density at radius 3 is 2.50 bits per heavy atom. The summed E-state index contributed by atoms with van der Waals surface area (Å²) in [7, 11) is 1.93. The molecule has 0 fully saturated rings. The van der Waals surface area contributed by atoms with Crippen LogP contribution in [-0.4, -0.2) is 12.0 Å². The first-order chi connectivity index (χ1) is 8.67. The van der Waals surface area contributed by atoms with Crippen LogP contribution in [0, 0.1) is 0 Å². The lowest BCUT2D eigenvalue weighted by molar-refractivity contribution is 0.815. The summed E-state index contributed by atoms with van der Waals surface area (Å²) in [6.45, 7) is 2.93. The Hall–Kier alpha value is -0.610. The van der Waals surface area contributed by atoms with E-state index in [1.165, 1.54) is 4.88 Å². The molecule has 0 spiro atoms. The highest BCUT2D eigenvalue weighted by atomic mass is 35.5. The summed E-state index contributed by atoms with van der Waals surface area (Å²) < 4.78 is 0. The van der Waals surface area contributed by atoms with E-state index in [9.17, 15) is 0 Å². The fourth-order valence-electron chi connectivity index (χ4n) is 1.77. The molecule has 0 radical (unpaired) electrons. The molecule has 0 saturated heterocycles. The lowest BCUT2D eigenvalue weighted by atomic mass is 10.2. The Bertz CT molecular complexity index is 532. The number of rotatable bonds is 4. The molecule has 0 aliphatic rings. The summed E-state index contributed by atoms with van der Waals surface area (Å²) in [6.07, 6.45) is 0.912. The maximum atomic E-state index is 6.21. The van der Waals surface area contributed by atoms with Crippen LogP contribution >= 0.6 is 34.5 Å². The van der Waals surface area contributed by atoms with Gasteiger partial charge in [0.2, 0.25) is 0 Å². The van der Waals surface area contributed by atoms with E-state index >= 15 is 0 Å². The van der Waals surface area contributed by atoms with E-state index in [-0.39, 0.29) is 0 Å². The first-order valence-corrected chi connectivity index (χ1v) is 7.32. The molecule has 0 saturated carbocycles. The van der Waals surface area contributed by atoms with Crippen LogP contribution < -0.4 is 5.32 Å². The van der Waals surface area contributed by atoms with Crippen LogP contribution in [0.25, 0.3) is 10.6 Å². The summed E-state index contributed by atoms with van der Waals surface area (Å²) in [5.74, 6) is 0. The van der Waals surface area contributed by atoms with E-state index in [4.69, 9.17) is 23.2 Å². The third-order valence-electron chi connectivity index (χ3n) is 2.63. The van der Waals surface area contributed by atoms with Crippen molar-refractivity contribution in [1.29, 1.82) is 0 Å². The van der Waals surface area contributed by atoms with Gasteiger partial charge in [-0.3, -0.25) is 0 Å². The fraction of sp³-hybridized carbons (Fsp3) is 0.308. The molecular formula is C13H14Cl2N2S. The zero-order valence-electron chi connectivity index (χ0n) is 10.3. The molecule has 0 amide bonds. The van der Waals surface area contributed by atoms with Gasteiger partial charge in [0.25, 0.3) is 0 Å². The van der Waals surface area contributed by atoms with Crippen LogP contribution in [-0.2, 0) is 13.0 Å². The third-order valence-corrected chi connectivity index (χ3v) is 4.37. The van der Waals surface area contributed by atoms with Crippen LogP contribution in [0.15, 0.2) is 18.2 Å². The topological polar surface area (TPSA) is 24.9 Å². The highest BCUT2D eigenvalue weighted by Crippen LogP contribution is 2.38. The Kier molecular flexibility index (Phi) is 4.62. The minimum atomic E-state index is 0.648. The molecule has 1 aromatic heterocycles. The van der Waals surface area contributed by atoms with Crippen LogP contribution in [0.5, 0.6) is 0 Å². The van der Waals surface area contributed by atoms with Gasteiger partial charge in [-0.15, -0.1) is 11.3 Å². The summed E-state index contributed by atoms with van der Waals surface area (Å²) in [6, 6.07) is 5.53. The van der Waals surface area contributed by atoms with Gasteiger partial charge in [0.1, 0.15) is 5.01 Å². The van der Waals surface area contributed by atoms with Crippen molar-refractivity contribution < 1.29 is 0 Å². The lowest BCUT2D eigenvalue weighted by Crippen LogP contribution is -2.05. The van der Waals surface area contributed by atoms with Crippen LogP contribution in [0.3, 0.4) is 0 Å². The fourth-order valence-corrected chi connectivity index (χ4v) is 3.69. The maximum absolute atomic E-state index is 6.21. The number of nitrogens with zero attached hydrogens (tertiary/aromatic N) is 1. The number of nitrogens with one attached hydrogen (secondary N) is 1. The Labute approximate surface area is 121 Å². The van der Waals surface area contributed by atoms with Gasteiger partial charge in [0.05, 0.1) is 15.7 Å². The lowest BCUT2D eigenvalue weighted by Gasteiger charge is -2.02. The van der Waals surface area contributed by atoms with E-state index in [1.807, 2.05) is 25.2 Å². The van der Waals surface area contributed by atoms with Crippen molar-refractivity contribution in [2.24, 2.45) is 0 Å². The van der Waals surface area contributed by atoms with Gasteiger partial charge in [-0.2, -0.15) is 0 Å². The van der Waals surface area contributed by atoms with E-state index in [0.717, 1.165) is 29.2 Å². The standard InChI is InChI=1S/C13H14Cl2N2S/c1-3-10-11(7-16-2)18-13(17-10)12-8(14)5-4-6-9(12)15/h4-6,16H,3,7H2,1-2H3. The molecule has 0 aliphatic carbocycles. The van der Waals surface area contributed by atoms with E-state index in [0.29, 0.717) is 10.0 Å². The van der Waals surface area contributed by atoms with Gasteiger partial charge in [-0.25, -0.2) is 4.98 Å². The molecule has 0 atom stereocenters. The summed E-state index contributed by atoms with van der Waals surface area (Å²) in [5, 5.41) is 5.35. The molecule has 18 heavy (non-hydrogen) atoms. The molecule has 2 aromatic rings. The van der Waals surface area contributed by atoms with Gasteiger partial charge in [-0.05, 0) is 25.6 Å². The monoisotopic (exact) mass is 300 g/mol. The SMILES string of the molecule is CCc1nc(-c2c(Cl)cccc2Cl)sc1CNC. The van der Waals surface area contributed by atoms with E-state index in [2.05, 4.69) is 17.2 Å². The minimum absolute atomic E-state index is 0.648. The van der Waals surface area contributed by atoms with Crippen molar-refractivity contribution in [1.82, 2.24) is 10.3 Å². The number of thiazole rings is 1. The summed E-state index contributed by atoms with van der Waals surface area (Å²) in [5.41, 5.74) is 1.95. The molecule has 5 heteroatoms. The average Bonchev–Trinajstić information content (AvgIpc) is 2.72. The summed E-state index contributed by atoms with van der Waals surface area (Å²) in [4.78, 5) is 5.89. The van der Waals surface area contributed by atoms with Gasteiger partial charge >= 0.3 is 0 Å². The first kappa shape index (κ1) is 13.8. The number of aryl methyl sites for hydroxylation is 1. The molecule has 0 aliphatic heterocycles. The third kappa shape index (κ3) is 2.69. The molecule has 1 heterocycles. The number of benzene rings is 1. The maximum Gasteiger partial charge on any atom is 0.126 e. The number of hydrogen-bond donors (Lipinski definition) is 1.